The van der Waals surface area contributed by atoms with E-state index in [1.54, 1.807) is 6.20 Å². The maximum Gasteiger partial charge on any atom is 0.137 e. The van der Waals surface area contributed by atoms with Crippen LogP contribution in [0.3, 0.4) is 0 Å². The Morgan fingerprint density at radius 1 is 1.00 bits per heavy atom. The van der Waals surface area contributed by atoms with Crippen molar-refractivity contribution < 1.29 is 5.11 Å². The van der Waals surface area contributed by atoms with Gasteiger partial charge >= 0.3 is 0 Å². The van der Waals surface area contributed by atoms with E-state index in [2.05, 4.69) is 40.8 Å². The van der Waals surface area contributed by atoms with Gasteiger partial charge in [0, 0.05) is 23.3 Å². The number of aromatic hydroxyl groups is 1. The number of halogens is 1. The van der Waals surface area contributed by atoms with E-state index >= 15 is 0 Å². The Morgan fingerprint density at radius 2 is 1.76 bits per heavy atom. The summed E-state index contributed by atoms with van der Waals surface area (Å²) in [6.45, 7) is 6.21. The van der Waals surface area contributed by atoms with E-state index in [-0.39, 0.29) is 5.75 Å². The van der Waals surface area contributed by atoms with Crippen molar-refractivity contribution in [2.24, 2.45) is 0 Å². The van der Waals surface area contributed by atoms with Crippen LogP contribution < -0.4 is 0 Å². The molecule has 1 aromatic heterocycles. The Kier molecular flexibility index (Phi) is 3.46. The van der Waals surface area contributed by atoms with Crippen LogP contribution in [-0.4, -0.2) is 10.1 Å². The molecule has 3 heteroatoms. The maximum atomic E-state index is 10.5. The molecule has 0 aliphatic heterocycles. The first-order valence-electron chi connectivity index (χ1n) is 6.83. The fraction of sp³-hybridized carbons (Fsp3) is 0.167. The van der Waals surface area contributed by atoms with Gasteiger partial charge in [-0.3, -0.25) is 4.98 Å². The lowest BCUT2D eigenvalue weighted by molar-refractivity contribution is 0.473. The Morgan fingerprint density at radius 3 is 2.52 bits per heavy atom. The van der Waals surface area contributed by atoms with Crippen LogP contribution in [0.2, 0.25) is 0 Å². The third kappa shape index (κ3) is 2.22. The van der Waals surface area contributed by atoms with Crippen molar-refractivity contribution in [3.8, 4) is 16.9 Å². The highest BCUT2D eigenvalue weighted by atomic mass is 79.9. The fourth-order valence-electron chi connectivity index (χ4n) is 2.78. The molecule has 1 N–H and O–H groups in total. The summed E-state index contributed by atoms with van der Waals surface area (Å²) in [4.78, 5) is 4.26. The molecular formula is C18H16BrNO. The molecule has 1 heterocycles. The largest absolute Gasteiger partial charge is 0.506 e. The molecule has 0 fully saturated rings. The zero-order valence-corrected chi connectivity index (χ0v) is 13.8. The fourth-order valence-corrected chi connectivity index (χ4v) is 3.12. The highest BCUT2D eigenvalue weighted by Gasteiger charge is 2.17. The van der Waals surface area contributed by atoms with Gasteiger partial charge in [-0.05, 0) is 76.5 Å². The van der Waals surface area contributed by atoms with E-state index < -0.39 is 0 Å². The van der Waals surface area contributed by atoms with E-state index in [4.69, 9.17) is 0 Å². The van der Waals surface area contributed by atoms with E-state index in [1.165, 1.54) is 11.1 Å². The van der Waals surface area contributed by atoms with Gasteiger partial charge < -0.3 is 5.11 Å². The van der Waals surface area contributed by atoms with Gasteiger partial charge in [-0.25, -0.2) is 0 Å². The SMILES string of the molecule is Cc1cc2ccncc2c(-c2c(C)ccc(Br)c2O)c1C. The highest BCUT2D eigenvalue weighted by Crippen LogP contribution is 2.43. The normalized spacial score (nSPS) is 11.0. The number of aromatic nitrogens is 1. The predicted octanol–water partition coefficient (Wildman–Crippen LogP) is 5.30. The number of hydrogen-bond donors (Lipinski definition) is 1. The second-order valence-electron chi connectivity index (χ2n) is 5.38. The molecule has 0 spiro atoms. The molecule has 106 valence electrons. The molecule has 0 aliphatic carbocycles. The van der Waals surface area contributed by atoms with Crippen LogP contribution >= 0.6 is 15.9 Å². The summed E-state index contributed by atoms with van der Waals surface area (Å²) in [5.41, 5.74) is 5.38. The second-order valence-corrected chi connectivity index (χ2v) is 6.23. The molecule has 0 amide bonds. The van der Waals surface area contributed by atoms with E-state index in [0.717, 1.165) is 27.5 Å². The summed E-state index contributed by atoms with van der Waals surface area (Å²) < 4.78 is 0.709. The molecule has 0 saturated heterocycles. The average Bonchev–Trinajstić information content (AvgIpc) is 2.47. The molecule has 3 rings (SSSR count). The van der Waals surface area contributed by atoms with E-state index in [9.17, 15) is 5.11 Å². The Labute approximate surface area is 132 Å². The van der Waals surface area contributed by atoms with Crippen molar-refractivity contribution in [2.45, 2.75) is 20.8 Å². The molecule has 0 radical (unpaired) electrons. The smallest absolute Gasteiger partial charge is 0.137 e. The zero-order valence-electron chi connectivity index (χ0n) is 12.2. The number of hydrogen-bond acceptors (Lipinski definition) is 2. The lowest BCUT2D eigenvalue weighted by Gasteiger charge is -2.17. The molecule has 0 saturated carbocycles. The predicted molar refractivity (Wildman–Crippen MR) is 90.8 cm³/mol. The van der Waals surface area contributed by atoms with Gasteiger partial charge in [-0.1, -0.05) is 12.1 Å². The molecular weight excluding hydrogens is 326 g/mol. The molecule has 0 aliphatic rings. The van der Waals surface area contributed by atoms with Gasteiger partial charge in [0.25, 0.3) is 0 Å². The molecule has 2 aromatic carbocycles. The second kappa shape index (κ2) is 5.15. The van der Waals surface area contributed by atoms with Gasteiger partial charge in [0.15, 0.2) is 0 Å². The van der Waals surface area contributed by atoms with Crippen LogP contribution in [0.4, 0.5) is 0 Å². The van der Waals surface area contributed by atoms with Crippen molar-refractivity contribution in [3.05, 3.63) is 57.8 Å². The molecule has 0 atom stereocenters. The van der Waals surface area contributed by atoms with Crippen molar-refractivity contribution >= 4 is 26.7 Å². The first kappa shape index (κ1) is 14.1. The van der Waals surface area contributed by atoms with Crippen LogP contribution in [0.25, 0.3) is 21.9 Å². The average molecular weight is 342 g/mol. The van der Waals surface area contributed by atoms with Gasteiger partial charge in [0.1, 0.15) is 5.75 Å². The highest BCUT2D eigenvalue weighted by molar-refractivity contribution is 9.10. The monoisotopic (exact) mass is 341 g/mol. The number of fused-ring (bicyclic) bond motifs is 1. The van der Waals surface area contributed by atoms with Crippen LogP contribution in [-0.2, 0) is 0 Å². The zero-order chi connectivity index (χ0) is 15.1. The third-order valence-corrected chi connectivity index (χ3v) is 4.69. The number of phenolic OH excluding ortho intramolecular Hbond substituents is 1. The third-order valence-electron chi connectivity index (χ3n) is 4.05. The van der Waals surface area contributed by atoms with Crippen LogP contribution in [0, 0.1) is 20.8 Å². The maximum absolute atomic E-state index is 10.5. The standard InChI is InChI=1S/C18H16BrNO/c1-10-4-5-15(19)18(21)16(10)17-12(3)11(2)8-13-6-7-20-9-14(13)17/h4-9,21H,1-3H3. The molecule has 0 unspecified atom stereocenters. The van der Waals surface area contributed by atoms with Crippen LogP contribution in [0.5, 0.6) is 5.75 Å². The first-order chi connectivity index (χ1) is 10.0. The van der Waals surface area contributed by atoms with Crippen molar-refractivity contribution in [1.29, 1.82) is 0 Å². The molecule has 21 heavy (non-hydrogen) atoms. The first-order valence-corrected chi connectivity index (χ1v) is 7.62. The van der Waals surface area contributed by atoms with Crippen molar-refractivity contribution in [3.63, 3.8) is 0 Å². The van der Waals surface area contributed by atoms with Crippen LogP contribution in [0.15, 0.2) is 41.1 Å². The number of aryl methyl sites for hydroxylation is 2. The number of benzene rings is 2. The van der Waals surface area contributed by atoms with Gasteiger partial charge in [-0.2, -0.15) is 0 Å². The number of phenols is 1. The van der Waals surface area contributed by atoms with Gasteiger partial charge in [0.05, 0.1) is 4.47 Å². The van der Waals surface area contributed by atoms with Crippen molar-refractivity contribution in [1.82, 2.24) is 4.98 Å². The summed E-state index contributed by atoms with van der Waals surface area (Å²) in [5, 5.41) is 12.7. The minimum Gasteiger partial charge on any atom is -0.506 e. The topological polar surface area (TPSA) is 33.1 Å². The summed E-state index contributed by atoms with van der Waals surface area (Å²) in [6.07, 6.45) is 3.67. The van der Waals surface area contributed by atoms with E-state index in [1.807, 2.05) is 31.3 Å². The summed E-state index contributed by atoms with van der Waals surface area (Å²) >= 11 is 3.42. The Bertz CT molecular complexity index is 855. The van der Waals surface area contributed by atoms with Crippen molar-refractivity contribution in [2.75, 3.05) is 0 Å². The lowest BCUT2D eigenvalue weighted by atomic mass is 9.89. The van der Waals surface area contributed by atoms with Gasteiger partial charge in [-0.15, -0.1) is 0 Å². The lowest BCUT2D eigenvalue weighted by Crippen LogP contribution is -1.94. The Hall–Kier alpha value is -1.87. The number of pyridine rings is 1. The molecule has 0 bridgehead atoms. The molecule has 2 nitrogen and oxygen atoms in total. The number of rotatable bonds is 1. The summed E-state index contributed by atoms with van der Waals surface area (Å²) in [6, 6.07) is 8.07. The van der Waals surface area contributed by atoms with E-state index in [0.29, 0.717) is 4.47 Å². The quantitative estimate of drug-likeness (QED) is 0.651. The van der Waals surface area contributed by atoms with Gasteiger partial charge in [0.2, 0.25) is 0 Å². The Balaban J connectivity index is 2.51. The summed E-state index contributed by atoms with van der Waals surface area (Å²) in [7, 11) is 0. The molecule has 3 aromatic rings. The summed E-state index contributed by atoms with van der Waals surface area (Å²) in [5.74, 6) is 0.286. The van der Waals surface area contributed by atoms with Crippen LogP contribution in [0.1, 0.15) is 16.7 Å². The minimum absolute atomic E-state index is 0.286. The number of nitrogens with zero attached hydrogens (tertiary/aromatic N) is 1. The minimum atomic E-state index is 0.286.